The van der Waals surface area contributed by atoms with Gasteiger partial charge in [-0.15, -0.1) is 4.76 Å². The van der Waals surface area contributed by atoms with E-state index in [1.165, 1.54) is 18.6 Å². The fourth-order valence-corrected chi connectivity index (χ4v) is 1.78. The van der Waals surface area contributed by atoms with Crippen LogP contribution in [0, 0.1) is 5.92 Å². The molecule has 0 radical (unpaired) electrons. The van der Waals surface area contributed by atoms with Crippen LogP contribution in [0.25, 0.3) is 0 Å². The normalized spacial score (nSPS) is 33.1. The number of hydrogen-bond acceptors (Lipinski definition) is 2. The minimum Gasteiger partial charge on any atom is -0.663 e. The van der Waals surface area contributed by atoms with Crippen LogP contribution < -0.4 is 4.89 Å². The van der Waals surface area contributed by atoms with Crippen LogP contribution in [0.4, 0.5) is 0 Å². The first-order valence-corrected chi connectivity index (χ1v) is 4.33. The van der Waals surface area contributed by atoms with Gasteiger partial charge in [0.2, 0.25) is 0 Å². The third-order valence-electron chi connectivity index (χ3n) is 1.86. The predicted molar refractivity (Wildman–Crippen MR) is 40.2 cm³/mol. The van der Waals surface area contributed by atoms with Gasteiger partial charge in [0, 0.05) is 0 Å². The highest BCUT2D eigenvalue weighted by Gasteiger charge is 2.17. The Kier molecular flexibility index (Phi) is 2.62. The van der Waals surface area contributed by atoms with Crippen LogP contribution in [0.3, 0.4) is 0 Å². The van der Waals surface area contributed by atoms with Crippen LogP contribution in [0.5, 0.6) is 0 Å². The zero-order chi connectivity index (χ0) is 6.69. The molecule has 0 aromatic carbocycles. The Morgan fingerprint density at radius 3 is 3.00 bits per heavy atom. The predicted octanol–water partition coefficient (Wildman–Crippen LogP) is 0.848. The summed E-state index contributed by atoms with van der Waals surface area (Å²) in [5.74, 6) is 0.603. The van der Waals surface area contributed by atoms with Crippen molar-refractivity contribution in [2.45, 2.75) is 26.2 Å². The lowest BCUT2D eigenvalue weighted by Gasteiger charge is -1.98. The van der Waals surface area contributed by atoms with E-state index in [0.717, 1.165) is 6.42 Å². The molecule has 0 bridgehead atoms. The Morgan fingerprint density at radius 1 is 1.78 bits per heavy atom. The molecule has 0 N–H and O–H groups in total. The molecule has 2 nitrogen and oxygen atoms in total. The molecule has 0 aromatic heterocycles. The maximum Gasteiger partial charge on any atom is 0.0573 e. The van der Waals surface area contributed by atoms with Gasteiger partial charge in [-0.3, -0.25) is 0 Å². The molecule has 0 amide bonds. The van der Waals surface area contributed by atoms with Crippen molar-refractivity contribution in [1.82, 2.24) is 0 Å². The highest BCUT2D eigenvalue weighted by molar-refractivity contribution is 7.28. The van der Waals surface area contributed by atoms with Crippen molar-refractivity contribution in [3.63, 3.8) is 0 Å². The highest BCUT2D eigenvalue weighted by Crippen LogP contribution is 2.23. The van der Waals surface area contributed by atoms with E-state index in [9.17, 15) is 4.89 Å². The van der Waals surface area contributed by atoms with Crippen LogP contribution in [-0.2, 0) is 0 Å². The Balaban J connectivity index is 2.48. The van der Waals surface area contributed by atoms with Gasteiger partial charge in [-0.1, -0.05) is 6.92 Å². The van der Waals surface area contributed by atoms with Gasteiger partial charge in [-0.05, 0) is 25.2 Å². The van der Waals surface area contributed by atoms with Crippen LogP contribution in [0.2, 0.25) is 0 Å². The molecule has 52 valence electrons. The third kappa shape index (κ3) is 1.74. The van der Waals surface area contributed by atoms with Gasteiger partial charge in [-0.2, -0.15) is 0 Å². The second kappa shape index (κ2) is 3.28. The van der Waals surface area contributed by atoms with Crippen molar-refractivity contribution in [2.75, 3.05) is 0 Å². The van der Waals surface area contributed by atoms with Gasteiger partial charge in [0.15, 0.2) is 0 Å². The monoisotopic (exact) mass is 145 g/mol. The van der Waals surface area contributed by atoms with Gasteiger partial charge < -0.3 is 4.89 Å². The van der Waals surface area contributed by atoms with Crippen molar-refractivity contribution in [3.8, 4) is 0 Å². The van der Waals surface area contributed by atoms with E-state index in [2.05, 4.69) is 11.7 Å². The van der Waals surface area contributed by atoms with Gasteiger partial charge >= 0.3 is 0 Å². The summed E-state index contributed by atoms with van der Waals surface area (Å²) in [5, 5.41) is 0. The second-order valence-electron chi connectivity index (χ2n) is 2.52. The van der Waals surface area contributed by atoms with Crippen molar-refractivity contribution >= 4 is 14.7 Å². The lowest BCUT2D eigenvalue weighted by Crippen LogP contribution is -2.00. The fourth-order valence-electron chi connectivity index (χ4n) is 1.26. The summed E-state index contributed by atoms with van der Waals surface area (Å²) >= 11 is 0. The summed E-state index contributed by atoms with van der Waals surface area (Å²) in [6, 6.07) is 0. The maximum atomic E-state index is 10.1. The first-order valence-electron chi connectivity index (χ1n) is 3.35. The Labute approximate surface area is 57.3 Å². The molecule has 2 atom stereocenters. The summed E-state index contributed by atoms with van der Waals surface area (Å²) in [6.07, 6.45) is 3.55. The minimum absolute atomic E-state index is 0.603. The Bertz CT molecular complexity index is 124. The molecule has 1 saturated carbocycles. The summed E-state index contributed by atoms with van der Waals surface area (Å²) in [4.78, 5) is 10.1. The summed E-state index contributed by atoms with van der Waals surface area (Å²) in [5.41, 5.74) is 1.18. The summed E-state index contributed by atoms with van der Waals surface area (Å²) < 4.78 is 3.95. The summed E-state index contributed by atoms with van der Waals surface area (Å²) in [7, 11) is -0.897. The van der Waals surface area contributed by atoms with Crippen molar-refractivity contribution in [1.29, 1.82) is 0 Å². The second-order valence-corrected chi connectivity index (χ2v) is 2.99. The SMILES string of the molecule is CC1CCCC1=N[PH2+][O-]. The molecule has 0 aromatic rings. The van der Waals surface area contributed by atoms with Gasteiger partial charge in [-0.25, -0.2) is 0 Å². The van der Waals surface area contributed by atoms with E-state index in [4.69, 9.17) is 0 Å². The molecule has 1 aliphatic rings. The number of hydrogen-bond donors (Lipinski definition) is 0. The molecule has 0 aliphatic heterocycles. The Morgan fingerprint density at radius 2 is 2.56 bits per heavy atom. The summed E-state index contributed by atoms with van der Waals surface area (Å²) in [6.45, 7) is 2.15. The lowest BCUT2D eigenvalue weighted by molar-refractivity contribution is -0.150. The lowest BCUT2D eigenvalue weighted by atomic mass is 10.1. The van der Waals surface area contributed by atoms with Crippen molar-refractivity contribution in [2.24, 2.45) is 10.7 Å². The molecule has 1 aliphatic carbocycles. The van der Waals surface area contributed by atoms with Gasteiger partial charge in [0.05, 0.1) is 14.7 Å². The molecule has 3 heteroatoms. The van der Waals surface area contributed by atoms with E-state index in [-0.39, 0.29) is 0 Å². The fraction of sp³-hybridized carbons (Fsp3) is 0.833. The zero-order valence-corrected chi connectivity index (χ0v) is 6.79. The molecule has 0 heterocycles. The molecule has 2 unspecified atom stereocenters. The van der Waals surface area contributed by atoms with Crippen LogP contribution >= 0.6 is 8.96 Å². The molecular formula is C6H12NOP. The van der Waals surface area contributed by atoms with Gasteiger partial charge in [0.1, 0.15) is 0 Å². The maximum absolute atomic E-state index is 10.1. The van der Waals surface area contributed by atoms with E-state index in [1.54, 1.807) is 0 Å². The molecule has 0 spiro atoms. The largest absolute Gasteiger partial charge is 0.663 e. The first-order chi connectivity index (χ1) is 4.34. The van der Waals surface area contributed by atoms with Gasteiger partial charge in [0.25, 0.3) is 0 Å². The zero-order valence-electron chi connectivity index (χ0n) is 5.63. The smallest absolute Gasteiger partial charge is 0.0573 e. The van der Waals surface area contributed by atoms with E-state index >= 15 is 0 Å². The molecule has 9 heavy (non-hydrogen) atoms. The molecule has 1 fully saturated rings. The molecular weight excluding hydrogens is 133 g/mol. The topological polar surface area (TPSA) is 35.4 Å². The minimum atomic E-state index is -0.897. The van der Waals surface area contributed by atoms with Crippen LogP contribution in [0.1, 0.15) is 26.2 Å². The van der Waals surface area contributed by atoms with Crippen LogP contribution in [0.15, 0.2) is 4.76 Å². The van der Waals surface area contributed by atoms with E-state index in [1.807, 2.05) is 0 Å². The number of rotatable bonds is 1. The highest BCUT2D eigenvalue weighted by atomic mass is 31.1. The molecule has 0 saturated heterocycles. The van der Waals surface area contributed by atoms with E-state index < -0.39 is 8.96 Å². The number of nitrogens with zero attached hydrogens (tertiary/aromatic N) is 1. The Hall–Kier alpha value is 0.0600. The standard InChI is InChI=1S/C6H12NOP/c1-5-3-2-4-6(5)7-9-8/h5H,2-4,9H2,1H3. The molecule has 1 rings (SSSR count). The van der Waals surface area contributed by atoms with Crippen molar-refractivity contribution < 1.29 is 4.89 Å². The average Bonchev–Trinajstić information content (AvgIpc) is 2.18. The van der Waals surface area contributed by atoms with Crippen LogP contribution in [-0.4, -0.2) is 5.71 Å². The van der Waals surface area contributed by atoms with Crippen molar-refractivity contribution in [3.05, 3.63) is 0 Å². The van der Waals surface area contributed by atoms with E-state index in [0.29, 0.717) is 5.92 Å². The quantitative estimate of drug-likeness (QED) is 0.504. The third-order valence-corrected chi connectivity index (χ3v) is 2.29. The average molecular weight is 145 g/mol. The first kappa shape index (κ1) is 7.17.